The van der Waals surface area contributed by atoms with E-state index < -0.39 is 0 Å². The van der Waals surface area contributed by atoms with E-state index in [4.69, 9.17) is 14.2 Å². The van der Waals surface area contributed by atoms with E-state index in [2.05, 4.69) is 9.97 Å². The zero-order valence-corrected chi connectivity index (χ0v) is 14.8. The standard InChI is InChI=1S/C19H23N3O4/c1-24-16-4-6-17(7-5-16)26-13-19(23)22-10-11-25-18(12-22)3-2-15-8-9-20-14-21-15/h4-9,14,18H,2-3,10-13H2,1H3. The molecule has 0 saturated carbocycles. The Morgan fingerprint density at radius 2 is 2.08 bits per heavy atom. The second-order valence-electron chi connectivity index (χ2n) is 6.04. The lowest BCUT2D eigenvalue weighted by Crippen LogP contribution is -2.47. The van der Waals surface area contributed by atoms with E-state index in [1.165, 1.54) is 0 Å². The molecule has 1 atom stereocenters. The van der Waals surface area contributed by atoms with Crippen molar-refractivity contribution in [3.8, 4) is 11.5 Å². The molecule has 7 heteroatoms. The Bertz CT molecular complexity index is 694. The van der Waals surface area contributed by atoms with Crippen LogP contribution in [-0.2, 0) is 16.0 Å². The lowest BCUT2D eigenvalue weighted by atomic mass is 10.1. The maximum atomic E-state index is 12.4. The molecule has 2 heterocycles. The number of ether oxygens (including phenoxy) is 3. The summed E-state index contributed by atoms with van der Waals surface area (Å²) >= 11 is 0. The summed E-state index contributed by atoms with van der Waals surface area (Å²) < 4.78 is 16.5. The Kier molecular flexibility index (Phi) is 6.38. The molecule has 3 rings (SSSR count). The Morgan fingerprint density at radius 1 is 1.27 bits per heavy atom. The summed E-state index contributed by atoms with van der Waals surface area (Å²) in [5.74, 6) is 1.37. The molecule has 138 valence electrons. The van der Waals surface area contributed by atoms with Crippen LogP contribution >= 0.6 is 0 Å². The zero-order valence-electron chi connectivity index (χ0n) is 14.8. The topological polar surface area (TPSA) is 73.8 Å². The van der Waals surface area contributed by atoms with Gasteiger partial charge in [-0.15, -0.1) is 0 Å². The van der Waals surface area contributed by atoms with E-state index in [1.54, 1.807) is 48.8 Å². The molecule has 1 unspecified atom stereocenters. The third-order valence-electron chi connectivity index (χ3n) is 4.28. The molecule has 1 aromatic heterocycles. The van der Waals surface area contributed by atoms with Gasteiger partial charge in [-0.3, -0.25) is 4.79 Å². The minimum Gasteiger partial charge on any atom is -0.497 e. The van der Waals surface area contributed by atoms with Crippen molar-refractivity contribution in [3.63, 3.8) is 0 Å². The summed E-state index contributed by atoms with van der Waals surface area (Å²) in [6.45, 7) is 1.73. The van der Waals surface area contributed by atoms with E-state index in [-0.39, 0.29) is 18.6 Å². The van der Waals surface area contributed by atoms with Crippen molar-refractivity contribution < 1.29 is 19.0 Å². The fourth-order valence-electron chi connectivity index (χ4n) is 2.80. The van der Waals surface area contributed by atoms with Crippen molar-refractivity contribution in [2.75, 3.05) is 33.4 Å². The Hall–Kier alpha value is -2.67. The van der Waals surface area contributed by atoms with Gasteiger partial charge < -0.3 is 19.1 Å². The number of carbonyl (C=O) groups is 1. The highest BCUT2D eigenvalue weighted by atomic mass is 16.5. The summed E-state index contributed by atoms with van der Waals surface area (Å²) in [7, 11) is 1.61. The Morgan fingerprint density at radius 3 is 2.81 bits per heavy atom. The number of rotatable bonds is 7. The van der Waals surface area contributed by atoms with E-state index >= 15 is 0 Å². The first-order valence-electron chi connectivity index (χ1n) is 8.65. The van der Waals surface area contributed by atoms with Gasteiger partial charge in [-0.1, -0.05) is 0 Å². The first-order chi connectivity index (χ1) is 12.7. The van der Waals surface area contributed by atoms with Crippen LogP contribution in [0.25, 0.3) is 0 Å². The van der Waals surface area contributed by atoms with Crippen molar-refractivity contribution in [2.24, 2.45) is 0 Å². The number of aryl methyl sites for hydroxylation is 1. The predicted molar refractivity (Wildman–Crippen MR) is 95.2 cm³/mol. The van der Waals surface area contributed by atoms with Gasteiger partial charge in [0.1, 0.15) is 17.8 Å². The SMILES string of the molecule is COc1ccc(OCC(=O)N2CCOC(CCc3ccncn3)C2)cc1. The van der Waals surface area contributed by atoms with Crippen LogP contribution in [0.15, 0.2) is 42.9 Å². The van der Waals surface area contributed by atoms with Gasteiger partial charge in [0.2, 0.25) is 0 Å². The molecule has 0 bridgehead atoms. The maximum Gasteiger partial charge on any atom is 0.260 e. The maximum absolute atomic E-state index is 12.4. The van der Waals surface area contributed by atoms with Gasteiger partial charge in [-0.25, -0.2) is 9.97 Å². The molecule has 0 N–H and O–H groups in total. The van der Waals surface area contributed by atoms with Gasteiger partial charge in [0.05, 0.1) is 19.8 Å². The molecular formula is C19H23N3O4. The summed E-state index contributed by atoms with van der Waals surface area (Å²) in [6.07, 6.45) is 4.92. The van der Waals surface area contributed by atoms with Crippen LogP contribution < -0.4 is 9.47 Å². The number of nitrogens with zero attached hydrogens (tertiary/aromatic N) is 3. The molecule has 1 fully saturated rings. The fourth-order valence-corrected chi connectivity index (χ4v) is 2.80. The largest absolute Gasteiger partial charge is 0.497 e. The predicted octanol–water partition coefficient (Wildman–Crippen LogP) is 1.72. The van der Waals surface area contributed by atoms with Crippen LogP contribution in [-0.4, -0.2) is 60.3 Å². The van der Waals surface area contributed by atoms with Crippen LogP contribution in [0, 0.1) is 0 Å². The fraction of sp³-hybridized carbons (Fsp3) is 0.421. The quantitative estimate of drug-likeness (QED) is 0.751. The zero-order chi connectivity index (χ0) is 18.2. The number of amides is 1. The Balaban J connectivity index is 1.44. The molecule has 1 aromatic carbocycles. The molecule has 1 aliphatic heterocycles. The summed E-state index contributed by atoms with van der Waals surface area (Å²) in [6, 6.07) is 9.08. The summed E-state index contributed by atoms with van der Waals surface area (Å²) in [5, 5.41) is 0. The third kappa shape index (κ3) is 5.16. The summed E-state index contributed by atoms with van der Waals surface area (Å²) in [4.78, 5) is 22.3. The van der Waals surface area contributed by atoms with Crippen LogP contribution in [0.2, 0.25) is 0 Å². The van der Waals surface area contributed by atoms with Crippen LogP contribution in [0.1, 0.15) is 12.1 Å². The minimum absolute atomic E-state index is 0.0173. The van der Waals surface area contributed by atoms with Crippen molar-refractivity contribution in [1.82, 2.24) is 14.9 Å². The smallest absolute Gasteiger partial charge is 0.260 e. The van der Waals surface area contributed by atoms with E-state index in [9.17, 15) is 4.79 Å². The first kappa shape index (κ1) is 18.1. The highest BCUT2D eigenvalue weighted by Crippen LogP contribution is 2.17. The van der Waals surface area contributed by atoms with Crippen LogP contribution in [0.3, 0.4) is 0 Å². The van der Waals surface area contributed by atoms with Crippen LogP contribution in [0.4, 0.5) is 0 Å². The monoisotopic (exact) mass is 357 g/mol. The number of aromatic nitrogens is 2. The van der Waals surface area contributed by atoms with Gasteiger partial charge in [0.25, 0.3) is 5.91 Å². The van der Waals surface area contributed by atoms with Gasteiger partial charge in [0, 0.05) is 25.0 Å². The molecule has 7 nitrogen and oxygen atoms in total. The second-order valence-corrected chi connectivity index (χ2v) is 6.04. The average Bonchev–Trinajstić information content (AvgIpc) is 2.72. The normalized spacial score (nSPS) is 17.0. The van der Waals surface area contributed by atoms with Crippen molar-refractivity contribution in [1.29, 1.82) is 0 Å². The van der Waals surface area contributed by atoms with Crippen molar-refractivity contribution in [3.05, 3.63) is 48.5 Å². The molecule has 1 amide bonds. The molecule has 1 saturated heterocycles. The minimum atomic E-state index is -0.0313. The van der Waals surface area contributed by atoms with E-state index in [0.717, 1.165) is 24.3 Å². The Labute approximate surface area is 152 Å². The highest BCUT2D eigenvalue weighted by Gasteiger charge is 2.24. The second kappa shape index (κ2) is 9.15. The van der Waals surface area contributed by atoms with E-state index in [0.29, 0.717) is 25.4 Å². The summed E-state index contributed by atoms with van der Waals surface area (Å²) in [5.41, 5.74) is 0.981. The van der Waals surface area contributed by atoms with Gasteiger partial charge in [-0.2, -0.15) is 0 Å². The number of morpholine rings is 1. The molecule has 0 spiro atoms. The number of methoxy groups -OCH3 is 1. The number of hydrogen-bond acceptors (Lipinski definition) is 6. The number of hydrogen-bond donors (Lipinski definition) is 0. The third-order valence-corrected chi connectivity index (χ3v) is 4.28. The number of carbonyl (C=O) groups excluding carboxylic acids is 1. The molecule has 1 aliphatic rings. The van der Waals surface area contributed by atoms with Gasteiger partial charge in [0.15, 0.2) is 6.61 Å². The lowest BCUT2D eigenvalue weighted by Gasteiger charge is -2.33. The molecular weight excluding hydrogens is 334 g/mol. The lowest BCUT2D eigenvalue weighted by molar-refractivity contribution is -0.141. The highest BCUT2D eigenvalue weighted by molar-refractivity contribution is 5.77. The van der Waals surface area contributed by atoms with E-state index in [1.807, 2.05) is 6.07 Å². The molecule has 0 radical (unpaired) electrons. The van der Waals surface area contributed by atoms with Crippen LogP contribution in [0.5, 0.6) is 11.5 Å². The molecule has 26 heavy (non-hydrogen) atoms. The molecule has 2 aromatic rings. The van der Waals surface area contributed by atoms with Gasteiger partial charge in [-0.05, 0) is 43.2 Å². The van der Waals surface area contributed by atoms with Crippen molar-refractivity contribution in [2.45, 2.75) is 18.9 Å². The number of benzene rings is 1. The molecule has 0 aliphatic carbocycles. The van der Waals surface area contributed by atoms with Gasteiger partial charge >= 0.3 is 0 Å². The average molecular weight is 357 g/mol. The van der Waals surface area contributed by atoms with Crippen molar-refractivity contribution >= 4 is 5.91 Å². The first-order valence-corrected chi connectivity index (χ1v) is 8.65.